The van der Waals surface area contributed by atoms with Crippen molar-refractivity contribution in [3.63, 3.8) is 0 Å². The fourth-order valence-electron chi connectivity index (χ4n) is 2.08. The summed E-state index contributed by atoms with van der Waals surface area (Å²) in [5.41, 5.74) is 0.808. The van der Waals surface area contributed by atoms with E-state index in [9.17, 15) is 4.79 Å². The summed E-state index contributed by atoms with van der Waals surface area (Å²) in [5.74, 6) is 0. The summed E-state index contributed by atoms with van der Waals surface area (Å²) in [7, 11) is 1.82. The summed E-state index contributed by atoms with van der Waals surface area (Å²) in [5, 5.41) is 11.7. The van der Waals surface area contributed by atoms with Gasteiger partial charge < -0.3 is 10.1 Å². The minimum atomic E-state index is -0.514. The van der Waals surface area contributed by atoms with Crippen molar-refractivity contribution < 1.29 is 9.53 Å². The van der Waals surface area contributed by atoms with Crippen LogP contribution in [0.4, 0.5) is 10.5 Å². The predicted molar refractivity (Wildman–Crippen MR) is 67.3 cm³/mol. The van der Waals surface area contributed by atoms with Crippen molar-refractivity contribution in [3.8, 4) is 6.07 Å². The van der Waals surface area contributed by atoms with Crippen LogP contribution < -0.4 is 10.2 Å². The molecule has 0 bridgehead atoms. The average Bonchev–Trinajstić information content (AvgIpc) is 2.65. The van der Waals surface area contributed by atoms with Crippen LogP contribution in [0.2, 0.25) is 0 Å². The zero-order valence-corrected chi connectivity index (χ0v) is 10.4. The first-order chi connectivity index (χ1) is 8.58. The first-order valence-corrected chi connectivity index (χ1v) is 5.73. The molecule has 1 aromatic carbocycles. The summed E-state index contributed by atoms with van der Waals surface area (Å²) in [6.07, 6.45) is -0.350. The highest BCUT2D eigenvalue weighted by atomic mass is 16.6. The predicted octanol–water partition coefficient (Wildman–Crippen LogP) is 1.49. The maximum Gasteiger partial charge on any atom is 0.415 e. The molecule has 1 heterocycles. The Morgan fingerprint density at radius 2 is 2.17 bits per heavy atom. The fraction of sp³-hybridized carbons (Fsp3) is 0.385. The molecule has 0 spiro atoms. The van der Waals surface area contributed by atoms with E-state index in [1.807, 2.05) is 20.0 Å². The van der Waals surface area contributed by atoms with Gasteiger partial charge in [0.1, 0.15) is 5.60 Å². The SMILES string of the molecule is CNCC1(C)CN(c2ccc(C#N)cc2)C(=O)O1. The Labute approximate surface area is 106 Å². The van der Waals surface area contributed by atoms with Crippen molar-refractivity contribution in [2.24, 2.45) is 0 Å². The van der Waals surface area contributed by atoms with Crippen LogP contribution in [0.5, 0.6) is 0 Å². The lowest BCUT2D eigenvalue weighted by Gasteiger charge is -2.21. The lowest BCUT2D eigenvalue weighted by Crippen LogP contribution is -2.40. The summed E-state index contributed by atoms with van der Waals surface area (Å²) in [4.78, 5) is 13.4. The average molecular weight is 245 g/mol. The zero-order valence-electron chi connectivity index (χ0n) is 10.4. The second kappa shape index (κ2) is 4.67. The van der Waals surface area contributed by atoms with E-state index in [4.69, 9.17) is 10.00 Å². The van der Waals surface area contributed by atoms with E-state index in [-0.39, 0.29) is 6.09 Å². The molecule has 0 aromatic heterocycles. The number of amides is 1. The highest BCUT2D eigenvalue weighted by molar-refractivity contribution is 5.90. The number of hydrogen-bond acceptors (Lipinski definition) is 4. The van der Waals surface area contributed by atoms with E-state index in [1.165, 1.54) is 0 Å². The molecule has 1 atom stereocenters. The molecule has 1 aromatic rings. The second-order valence-corrected chi connectivity index (χ2v) is 4.59. The Morgan fingerprint density at radius 3 is 2.72 bits per heavy atom. The summed E-state index contributed by atoms with van der Waals surface area (Å²) in [6.45, 7) is 3.00. The van der Waals surface area contributed by atoms with Gasteiger partial charge in [0.15, 0.2) is 0 Å². The highest BCUT2D eigenvalue weighted by Gasteiger charge is 2.41. The Balaban J connectivity index is 2.19. The second-order valence-electron chi connectivity index (χ2n) is 4.59. The molecular formula is C13H15N3O2. The minimum Gasteiger partial charge on any atom is -0.440 e. The van der Waals surface area contributed by atoms with Crippen LogP contribution >= 0.6 is 0 Å². The molecule has 0 radical (unpaired) electrons. The van der Waals surface area contributed by atoms with Crippen LogP contribution in [-0.2, 0) is 4.74 Å². The van der Waals surface area contributed by atoms with Crippen LogP contribution in [0, 0.1) is 11.3 Å². The molecular weight excluding hydrogens is 230 g/mol. The van der Waals surface area contributed by atoms with Crippen LogP contribution in [0.25, 0.3) is 0 Å². The summed E-state index contributed by atoms with van der Waals surface area (Å²) in [6, 6.07) is 8.94. The third-order valence-electron chi connectivity index (χ3n) is 2.91. The van der Waals surface area contributed by atoms with Gasteiger partial charge >= 0.3 is 6.09 Å². The third-order valence-corrected chi connectivity index (χ3v) is 2.91. The summed E-state index contributed by atoms with van der Waals surface area (Å²) < 4.78 is 5.37. The molecule has 1 aliphatic heterocycles. The van der Waals surface area contributed by atoms with E-state index in [1.54, 1.807) is 29.2 Å². The van der Waals surface area contributed by atoms with E-state index < -0.39 is 5.60 Å². The Morgan fingerprint density at radius 1 is 1.50 bits per heavy atom. The van der Waals surface area contributed by atoms with Crippen molar-refractivity contribution in [1.29, 1.82) is 5.26 Å². The topological polar surface area (TPSA) is 65.4 Å². The largest absolute Gasteiger partial charge is 0.440 e. The number of benzene rings is 1. The van der Waals surface area contributed by atoms with Crippen LogP contribution in [-0.4, -0.2) is 31.8 Å². The molecule has 5 nitrogen and oxygen atoms in total. The van der Waals surface area contributed by atoms with Gasteiger partial charge in [-0.2, -0.15) is 5.26 Å². The molecule has 1 amide bonds. The van der Waals surface area contributed by atoms with Gasteiger partial charge in [-0.3, -0.25) is 4.90 Å². The first kappa shape index (κ1) is 12.4. The molecule has 18 heavy (non-hydrogen) atoms. The fourth-order valence-corrected chi connectivity index (χ4v) is 2.08. The van der Waals surface area contributed by atoms with Gasteiger partial charge in [0, 0.05) is 12.2 Å². The van der Waals surface area contributed by atoms with E-state index in [2.05, 4.69) is 5.32 Å². The number of likely N-dealkylation sites (N-methyl/N-ethyl adjacent to an activating group) is 1. The number of ether oxygens (including phenoxy) is 1. The van der Waals surface area contributed by atoms with E-state index in [0.29, 0.717) is 18.7 Å². The Bertz CT molecular complexity index is 492. The van der Waals surface area contributed by atoms with Gasteiger partial charge in [-0.1, -0.05) is 0 Å². The number of hydrogen-bond donors (Lipinski definition) is 1. The lowest BCUT2D eigenvalue weighted by atomic mass is 10.1. The first-order valence-electron chi connectivity index (χ1n) is 5.73. The van der Waals surface area contributed by atoms with E-state index >= 15 is 0 Å². The molecule has 1 aliphatic rings. The number of carbonyl (C=O) groups excluding carboxylic acids is 1. The maximum atomic E-state index is 11.8. The van der Waals surface area contributed by atoms with Gasteiger partial charge in [-0.15, -0.1) is 0 Å². The van der Waals surface area contributed by atoms with Gasteiger partial charge in [0.25, 0.3) is 0 Å². The third kappa shape index (κ3) is 2.29. The smallest absolute Gasteiger partial charge is 0.415 e. The molecule has 1 N–H and O–H groups in total. The lowest BCUT2D eigenvalue weighted by molar-refractivity contribution is 0.0734. The number of nitrogens with zero attached hydrogens (tertiary/aromatic N) is 2. The number of nitriles is 1. The van der Waals surface area contributed by atoms with Crippen LogP contribution in [0.1, 0.15) is 12.5 Å². The number of anilines is 1. The minimum absolute atomic E-state index is 0.350. The van der Waals surface area contributed by atoms with Crippen molar-refractivity contribution in [3.05, 3.63) is 29.8 Å². The molecule has 1 saturated heterocycles. The monoisotopic (exact) mass is 245 g/mol. The van der Waals surface area contributed by atoms with Gasteiger partial charge in [-0.25, -0.2) is 4.79 Å². The van der Waals surface area contributed by atoms with Gasteiger partial charge in [0.05, 0.1) is 18.2 Å². The molecule has 2 rings (SSSR count). The Kier molecular flexibility index (Phi) is 3.21. The number of nitrogens with one attached hydrogen (secondary N) is 1. The molecule has 0 aliphatic carbocycles. The molecule has 1 unspecified atom stereocenters. The van der Waals surface area contributed by atoms with Crippen molar-refractivity contribution in [2.75, 3.05) is 25.0 Å². The van der Waals surface area contributed by atoms with Crippen molar-refractivity contribution in [1.82, 2.24) is 5.32 Å². The Hall–Kier alpha value is -2.06. The number of carbonyl (C=O) groups is 1. The molecule has 5 heteroatoms. The van der Waals surface area contributed by atoms with Gasteiger partial charge in [-0.05, 0) is 38.2 Å². The highest BCUT2D eigenvalue weighted by Crippen LogP contribution is 2.27. The standard InChI is InChI=1S/C13H15N3O2/c1-13(8-15-2)9-16(12(17)18-13)11-5-3-10(7-14)4-6-11/h3-6,15H,8-9H2,1-2H3. The number of cyclic esters (lactones) is 1. The van der Waals surface area contributed by atoms with Crippen LogP contribution in [0.15, 0.2) is 24.3 Å². The van der Waals surface area contributed by atoms with Crippen molar-refractivity contribution >= 4 is 11.8 Å². The molecule has 1 fully saturated rings. The molecule has 0 saturated carbocycles. The molecule has 94 valence electrons. The van der Waals surface area contributed by atoms with Crippen LogP contribution in [0.3, 0.4) is 0 Å². The quantitative estimate of drug-likeness (QED) is 0.876. The zero-order chi connectivity index (χ0) is 13.2. The van der Waals surface area contributed by atoms with E-state index in [0.717, 1.165) is 5.69 Å². The normalized spacial score (nSPS) is 22.7. The van der Waals surface area contributed by atoms with Gasteiger partial charge in [0.2, 0.25) is 0 Å². The maximum absolute atomic E-state index is 11.8. The number of rotatable bonds is 3. The van der Waals surface area contributed by atoms with Crippen molar-refractivity contribution in [2.45, 2.75) is 12.5 Å². The summed E-state index contributed by atoms with van der Waals surface area (Å²) >= 11 is 0.